The van der Waals surface area contributed by atoms with E-state index in [1.54, 1.807) is 36.4 Å². The lowest BCUT2D eigenvalue weighted by Gasteiger charge is -2.19. The molecule has 1 heterocycles. The molecule has 3 amide bonds. The van der Waals surface area contributed by atoms with Crippen molar-refractivity contribution in [1.82, 2.24) is 10.6 Å². The van der Waals surface area contributed by atoms with E-state index in [9.17, 15) is 19.5 Å². The van der Waals surface area contributed by atoms with E-state index >= 15 is 0 Å². The van der Waals surface area contributed by atoms with E-state index in [-0.39, 0.29) is 11.6 Å². The maximum atomic E-state index is 12.6. The minimum atomic E-state index is -1.18. The van der Waals surface area contributed by atoms with Crippen molar-refractivity contribution in [2.24, 2.45) is 0 Å². The number of carboxylic acid groups (broad SMARTS) is 1. The molecule has 27 heavy (non-hydrogen) atoms. The summed E-state index contributed by atoms with van der Waals surface area (Å²) in [6, 6.07) is 11.6. The Kier molecular flexibility index (Phi) is 5.25. The molecule has 0 spiro atoms. The van der Waals surface area contributed by atoms with Crippen LogP contribution in [0, 0.1) is 0 Å². The molecular formula is C19H19N3O5. The Hall–Kier alpha value is -3.55. The van der Waals surface area contributed by atoms with E-state index in [2.05, 4.69) is 10.6 Å². The van der Waals surface area contributed by atoms with E-state index in [1.807, 2.05) is 0 Å². The van der Waals surface area contributed by atoms with Crippen molar-refractivity contribution in [3.8, 4) is 5.75 Å². The lowest BCUT2D eigenvalue weighted by Crippen LogP contribution is -2.34. The number of anilines is 1. The maximum absolute atomic E-state index is 12.6. The van der Waals surface area contributed by atoms with Gasteiger partial charge in [-0.15, -0.1) is 0 Å². The first-order chi connectivity index (χ1) is 13.0. The first kappa shape index (κ1) is 18.2. The van der Waals surface area contributed by atoms with Crippen molar-refractivity contribution >= 4 is 23.6 Å². The average molecular weight is 369 g/mol. The number of amides is 3. The number of carbonyl (C=O) groups is 3. The average Bonchev–Trinajstić information content (AvgIpc) is 3.11. The summed E-state index contributed by atoms with van der Waals surface area (Å²) in [5.41, 5.74) is 1.14. The van der Waals surface area contributed by atoms with Crippen LogP contribution in [-0.4, -0.2) is 43.2 Å². The van der Waals surface area contributed by atoms with Crippen molar-refractivity contribution in [1.29, 1.82) is 0 Å². The van der Waals surface area contributed by atoms with Crippen LogP contribution >= 0.6 is 0 Å². The van der Waals surface area contributed by atoms with Crippen LogP contribution in [0.15, 0.2) is 48.5 Å². The zero-order valence-corrected chi connectivity index (χ0v) is 14.6. The fourth-order valence-corrected chi connectivity index (χ4v) is 2.89. The second-order valence-electron chi connectivity index (χ2n) is 5.93. The highest BCUT2D eigenvalue weighted by Gasteiger charge is 2.27. The Morgan fingerprint density at radius 1 is 1.22 bits per heavy atom. The Morgan fingerprint density at radius 3 is 2.56 bits per heavy atom. The van der Waals surface area contributed by atoms with Crippen LogP contribution in [0.2, 0.25) is 0 Å². The summed E-state index contributed by atoms with van der Waals surface area (Å²) >= 11 is 0. The van der Waals surface area contributed by atoms with Gasteiger partial charge in [0.05, 0.1) is 12.8 Å². The van der Waals surface area contributed by atoms with Gasteiger partial charge in [0.15, 0.2) is 6.04 Å². The molecule has 3 N–H and O–H groups in total. The van der Waals surface area contributed by atoms with Gasteiger partial charge in [-0.25, -0.2) is 9.59 Å². The molecule has 1 atom stereocenters. The largest absolute Gasteiger partial charge is 0.495 e. The minimum absolute atomic E-state index is 0.229. The third kappa shape index (κ3) is 3.84. The van der Waals surface area contributed by atoms with Gasteiger partial charge in [0.2, 0.25) is 0 Å². The van der Waals surface area contributed by atoms with Gasteiger partial charge in [-0.1, -0.05) is 30.3 Å². The minimum Gasteiger partial charge on any atom is -0.495 e. The SMILES string of the molecule is COc1ccc(C(=O)N[C@H](C(=O)O)c2ccccc2)cc1N1CCNC1=O. The number of rotatable bonds is 6. The fourth-order valence-electron chi connectivity index (χ4n) is 2.89. The van der Waals surface area contributed by atoms with E-state index in [0.29, 0.717) is 30.1 Å². The first-order valence-electron chi connectivity index (χ1n) is 8.33. The standard InChI is InChI=1S/C19H19N3O5/c1-27-15-8-7-13(11-14(15)22-10-9-20-19(22)26)17(23)21-16(18(24)25)12-5-3-2-4-6-12/h2-8,11,16H,9-10H2,1H3,(H,20,26)(H,21,23)(H,24,25)/t16-/m0/s1. The summed E-state index contributed by atoms with van der Waals surface area (Å²) in [5, 5.41) is 14.7. The number of hydrogen-bond donors (Lipinski definition) is 3. The molecule has 2 aromatic rings. The van der Waals surface area contributed by atoms with Crippen molar-refractivity contribution < 1.29 is 24.2 Å². The topological polar surface area (TPSA) is 108 Å². The third-order valence-electron chi connectivity index (χ3n) is 4.24. The van der Waals surface area contributed by atoms with Crippen molar-refractivity contribution in [3.63, 3.8) is 0 Å². The number of carboxylic acids is 1. The van der Waals surface area contributed by atoms with Gasteiger partial charge in [-0.3, -0.25) is 9.69 Å². The molecule has 2 aromatic carbocycles. The normalized spacial score (nSPS) is 14.4. The second-order valence-corrected chi connectivity index (χ2v) is 5.93. The first-order valence-corrected chi connectivity index (χ1v) is 8.33. The van der Waals surface area contributed by atoms with Crippen LogP contribution in [-0.2, 0) is 4.79 Å². The Balaban J connectivity index is 1.88. The number of methoxy groups -OCH3 is 1. The number of urea groups is 1. The molecule has 3 rings (SSSR count). The van der Waals surface area contributed by atoms with Crippen LogP contribution in [0.25, 0.3) is 0 Å². The molecule has 8 nitrogen and oxygen atoms in total. The molecule has 8 heteroatoms. The molecule has 0 radical (unpaired) electrons. The summed E-state index contributed by atoms with van der Waals surface area (Å²) in [6.45, 7) is 0.940. The number of carbonyl (C=O) groups excluding carboxylic acids is 2. The highest BCUT2D eigenvalue weighted by Crippen LogP contribution is 2.30. The summed E-state index contributed by atoms with van der Waals surface area (Å²) in [5.74, 6) is -1.28. The zero-order valence-electron chi connectivity index (χ0n) is 14.6. The summed E-state index contributed by atoms with van der Waals surface area (Å²) in [7, 11) is 1.47. The summed E-state index contributed by atoms with van der Waals surface area (Å²) in [4.78, 5) is 37.7. The molecule has 0 aliphatic carbocycles. The summed E-state index contributed by atoms with van der Waals surface area (Å²) < 4.78 is 5.28. The van der Waals surface area contributed by atoms with E-state index < -0.39 is 17.9 Å². The molecule has 0 aromatic heterocycles. The number of nitrogens with one attached hydrogen (secondary N) is 2. The Labute approximate surface area is 155 Å². The van der Waals surface area contributed by atoms with Crippen LogP contribution in [0.4, 0.5) is 10.5 Å². The number of benzene rings is 2. The predicted molar refractivity (Wildman–Crippen MR) is 98.0 cm³/mol. The number of aliphatic carboxylic acids is 1. The van der Waals surface area contributed by atoms with Crippen LogP contribution in [0.5, 0.6) is 5.75 Å². The molecule has 0 saturated carbocycles. The van der Waals surface area contributed by atoms with Gasteiger partial charge in [0.1, 0.15) is 5.75 Å². The van der Waals surface area contributed by atoms with Gasteiger partial charge in [-0.05, 0) is 23.8 Å². The zero-order chi connectivity index (χ0) is 19.4. The van der Waals surface area contributed by atoms with Gasteiger partial charge >= 0.3 is 12.0 Å². The van der Waals surface area contributed by atoms with E-state index in [0.717, 1.165) is 0 Å². The van der Waals surface area contributed by atoms with Gasteiger partial charge < -0.3 is 20.5 Å². The fraction of sp³-hybridized carbons (Fsp3) is 0.211. The molecule has 1 aliphatic rings. The molecule has 140 valence electrons. The summed E-state index contributed by atoms with van der Waals surface area (Å²) in [6.07, 6.45) is 0. The monoisotopic (exact) mass is 369 g/mol. The number of nitrogens with zero attached hydrogens (tertiary/aromatic N) is 1. The highest BCUT2D eigenvalue weighted by molar-refractivity contribution is 6.01. The molecule has 1 fully saturated rings. The quantitative estimate of drug-likeness (QED) is 0.719. The smallest absolute Gasteiger partial charge is 0.330 e. The highest BCUT2D eigenvalue weighted by atomic mass is 16.5. The Bertz CT molecular complexity index is 869. The number of hydrogen-bond acceptors (Lipinski definition) is 4. The predicted octanol–water partition coefficient (Wildman–Crippen LogP) is 1.78. The molecule has 1 saturated heterocycles. The molecule has 0 bridgehead atoms. The van der Waals surface area contributed by atoms with Gasteiger partial charge in [-0.2, -0.15) is 0 Å². The molecule has 0 unspecified atom stereocenters. The van der Waals surface area contributed by atoms with E-state index in [1.165, 1.54) is 24.1 Å². The van der Waals surface area contributed by atoms with E-state index in [4.69, 9.17) is 4.74 Å². The van der Waals surface area contributed by atoms with Crippen LogP contribution in [0.3, 0.4) is 0 Å². The van der Waals surface area contributed by atoms with Crippen molar-refractivity contribution in [2.75, 3.05) is 25.1 Å². The van der Waals surface area contributed by atoms with Gasteiger partial charge in [0.25, 0.3) is 5.91 Å². The van der Waals surface area contributed by atoms with Crippen LogP contribution in [0.1, 0.15) is 22.0 Å². The second kappa shape index (κ2) is 7.77. The lowest BCUT2D eigenvalue weighted by atomic mass is 10.1. The Morgan fingerprint density at radius 2 is 1.96 bits per heavy atom. The van der Waals surface area contributed by atoms with Gasteiger partial charge in [0, 0.05) is 18.7 Å². The molecule has 1 aliphatic heterocycles. The lowest BCUT2D eigenvalue weighted by molar-refractivity contribution is -0.139. The van der Waals surface area contributed by atoms with Crippen LogP contribution < -0.4 is 20.3 Å². The molecular weight excluding hydrogens is 350 g/mol. The maximum Gasteiger partial charge on any atom is 0.330 e. The van der Waals surface area contributed by atoms with Crippen molar-refractivity contribution in [2.45, 2.75) is 6.04 Å². The third-order valence-corrected chi connectivity index (χ3v) is 4.24. The number of ether oxygens (including phenoxy) is 1. The van der Waals surface area contributed by atoms with Crippen molar-refractivity contribution in [3.05, 3.63) is 59.7 Å².